The number of alkyl halides is 1. The third kappa shape index (κ3) is 2.82. The zero-order valence-corrected chi connectivity index (χ0v) is 11.9. The van der Waals surface area contributed by atoms with Crippen LogP contribution in [0.1, 0.15) is 5.56 Å². The summed E-state index contributed by atoms with van der Waals surface area (Å²) in [4.78, 5) is 2.14. The van der Waals surface area contributed by atoms with Gasteiger partial charge in [0.15, 0.2) is 0 Å². The van der Waals surface area contributed by atoms with Crippen LogP contribution in [-0.2, 0) is 5.33 Å². The molecule has 1 nitrogen and oxygen atoms in total. The van der Waals surface area contributed by atoms with Crippen LogP contribution in [0.4, 0.5) is 11.4 Å². The van der Waals surface area contributed by atoms with Gasteiger partial charge in [-0.1, -0.05) is 51.8 Å². The Hall–Kier alpha value is -0.990. The summed E-state index contributed by atoms with van der Waals surface area (Å²) in [6.45, 7) is 0. The minimum atomic E-state index is 0.757. The minimum Gasteiger partial charge on any atom is -0.344 e. The van der Waals surface area contributed by atoms with Gasteiger partial charge in [0.05, 0.1) is 0 Å². The zero-order valence-electron chi connectivity index (χ0n) is 9.53. The third-order valence-corrected chi connectivity index (χ3v) is 3.54. The Balaban J connectivity index is 2.43. The third-order valence-electron chi connectivity index (χ3n) is 2.70. The number of benzene rings is 2. The maximum atomic E-state index is 6.06. The number of halogens is 2. The van der Waals surface area contributed by atoms with Crippen LogP contribution in [0.15, 0.2) is 48.5 Å². The Bertz CT molecular complexity index is 499. The average molecular weight is 311 g/mol. The quantitative estimate of drug-likeness (QED) is 0.721. The molecule has 0 aromatic heterocycles. The fourth-order valence-corrected chi connectivity index (χ4v) is 2.39. The van der Waals surface area contributed by atoms with Crippen LogP contribution in [0.5, 0.6) is 0 Å². The van der Waals surface area contributed by atoms with Gasteiger partial charge in [0.25, 0.3) is 0 Å². The van der Waals surface area contributed by atoms with Gasteiger partial charge in [-0.2, -0.15) is 0 Å². The molecule has 2 aromatic rings. The lowest BCUT2D eigenvalue weighted by atomic mass is 10.1. The summed E-state index contributed by atoms with van der Waals surface area (Å²) in [6.07, 6.45) is 0. The van der Waals surface area contributed by atoms with Gasteiger partial charge in [-0.05, 0) is 29.8 Å². The van der Waals surface area contributed by atoms with Crippen molar-refractivity contribution in [3.8, 4) is 0 Å². The molecule has 17 heavy (non-hydrogen) atoms. The molecular formula is C14H13BrClN. The monoisotopic (exact) mass is 309 g/mol. The molecule has 0 heterocycles. The van der Waals surface area contributed by atoms with Crippen molar-refractivity contribution in [3.63, 3.8) is 0 Å². The molecule has 0 atom stereocenters. The fraction of sp³-hybridized carbons (Fsp3) is 0.143. The highest BCUT2D eigenvalue weighted by atomic mass is 79.9. The summed E-state index contributed by atoms with van der Waals surface area (Å²) in [5.41, 5.74) is 3.50. The van der Waals surface area contributed by atoms with E-state index in [2.05, 4.69) is 33.0 Å². The molecule has 0 saturated heterocycles. The predicted molar refractivity (Wildman–Crippen MR) is 78.6 cm³/mol. The first-order valence-corrected chi connectivity index (χ1v) is 6.85. The van der Waals surface area contributed by atoms with Crippen LogP contribution < -0.4 is 4.90 Å². The van der Waals surface area contributed by atoms with E-state index in [1.807, 2.05) is 43.4 Å². The summed E-state index contributed by atoms with van der Waals surface area (Å²) in [5.74, 6) is 0. The molecule has 0 aliphatic rings. The summed E-state index contributed by atoms with van der Waals surface area (Å²) in [5, 5.41) is 1.57. The van der Waals surface area contributed by atoms with Crippen molar-refractivity contribution in [2.24, 2.45) is 0 Å². The number of para-hydroxylation sites is 1. The molecule has 0 radical (unpaired) electrons. The van der Waals surface area contributed by atoms with Crippen LogP contribution in [0.2, 0.25) is 5.02 Å². The van der Waals surface area contributed by atoms with E-state index in [1.54, 1.807) is 0 Å². The van der Waals surface area contributed by atoms with Gasteiger partial charge < -0.3 is 4.90 Å². The number of nitrogens with zero attached hydrogens (tertiary/aromatic N) is 1. The first kappa shape index (κ1) is 12.5. The molecular weight excluding hydrogens is 298 g/mol. The Morgan fingerprint density at radius 1 is 1.12 bits per heavy atom. The maximum absolute atomic E-state index is 6.06. The second-order valence-electron chi connectivity index (χ2n) is 3.80. The molecule has 3 heteroatoms. The van der Waals surface area contributed by atoms with Crippen molar-refractivity contribution in [2.75, 3.05) is 11.9 Å². The van der Waals surface area contributed by atoms with E-state index in [1.165, 1.54) is 5.56 Å². The molecule has 0 saturated carbocycles. The smallest absolute Gasteiger partial charge is 0.0464 e. The van der Waals surface area contributed by atoms with Gasteiger partial charge in [0, 0.05) is 28.8 Å². The highest BCUT2D eigenvalue weighted by Crippen LogP contribution is 2.30. The van der Waals surface area contributed by atoms with Gasteiger partial charge >= 0.3 is 0 Å². The highest BCUT2D eigenvalue weighted by Gasteiger charge is 2.08. The number of anilines is 2. The Morgan fingerprint density at radius 2 is 1.82 bits per heavy atom. The lowest BCUT2D eigenvalue weighted by Gasteiger charge is -2.22. The van der Waals surface area contributed by atoms with Crippen molar-refractivity contribution >= 4 is 38.9 Å². The molecule has 0 N–H and O–H groups in total. The zero-order chi connectivity index (χ0) is 12.3. The van der Waals surface area contributed by atoms with E-state index < -0.39 is 0 Å². The molecule has 2 rings (SSSR count). The van der Waals surface area contributed by atoms with E-state index >= 15 is 0 Å². The summed E-state index contributed by atoms with van der Waals surface area (Å²) in [7, 11) is 2.05. The largest absolute Gasteiger partial charge is 0.344 e. The molecule has 0 unspecified atom stereocenters. The number of rotatable bonds is 3. The second kappa shape index (κ2) is 5.56. The van der Waals surface area contributed by atoms with E-state index in [9.17, 15) is 0 Å². The lowest BCUT2D eigenvalue weighted by Crippen LogP contribution is -2.11. The van der Waals surface area contributed by atoms with E-state index in [-0.39, 0.29) is 0 Å². The summed E-state index contributed by atoms with van der Waals surface area (Å²) in [6, 6.07) is 16.2. The molecule has 0 bridgehead atoms. The molecule has 0 aliphatic carbocycles. The first-order valence-electron chi connectivity index (χ1n) is 5.35. The van der Waals surface area contributed by atoms with Crippen molar-refractivity contribution in [1.29, 1.82) is 0 Å². The fourth-order valence-electron chi connectivity index (χ4n) is 1.75. The van der Waals surface area contributed by atoms with Crippen LogP contribution in [-0.4, -0.2) is 7.05 Å². The molecule has 0 aliphatic heterocycles. The topological polar surface area (TPSA) is 3.24 Å². The van der Waals surface area contributed by atoms with Gasteiger partial charge in [0.1, 0.15) is 0 Å². The molecule has 88 valence electrons. The lowest BCUT2D eigenvalue weighted by molar-refractivity contribution is 1.18. The van der Waals surface area contributed by atoms with E-state index in [0.717, 1.165) is 21.7 Å². The highest BCUT2D eigenvalue weighted by molar-refractivity contribution is 9.08. The van der Waals surface area contributed by atoms with Gasteiger partial charge in [-0.25, -0.2) is 0 Å². The van der Waals surface area contributed by atoms with Gasteiger partial charge in [-0.3, -0.25) is 0 Å². The van der Waals surface area contributed by atoms with Crippen LogP contribution in [0.25, 0.3) is 0 Å². The predicted octanol–water partition coefficient (Wildman–Crippen LogP) is 5.00. The molecule has 0 fully saturated rings. The Morgan fingerprint density at radius 3 is 2.47 bits per heavy atom. The molecule has 0 spiro atoms. The SMILES string of the molecule is CN(c1ccccc1)c1cc(Cl)ccc1CBr. The van der Waals surface area contributed by atoms with Crippen molar-refractivity contribution in [1.82, 2.24) is 0 Å². The van der Waals surface area contributed by atoms with Crippen LogP contribution >= 0.6 is 27.5 Å². The van der Waals surface area contributed by atoms with Crippen molar-refractivity contribution < 1.29 is 0 Å². The summed E-state index contributed by atoms with van der Waals surface area (Å²) < 4.78 is 0. The summed E-state index contributed by atoms with van der Waals surface area (Å²) >= 11 is 9.57. The Kier molecular flexibility index (Phi) is 4.08. The standard InChI is InChI=1S/C14H13BrClN/c1-17(13-5-3-2-4-6-13)14-9-12(16)8-7-11(14)10-15/h2-9H,10H2,1H3. The van der Waals surface area contributed by atoms with Crippen LogP contribution in [0, 0.1) is 0 Å². The number of hydrogen-bond acceptors (Lipinski definition) is 1. The molecule has 0 amide bonds. The normalized spacial score (nSPS) is 10.3. The molecule has 2 aromatic carbocycles. The maximum Gasteiger partial charge on any atom is 0.0464 e. The first-order chi connectivity index (χ1) is 8.22. The van der Waals surface area contributed by atoms with E-state index in [4.69, 9.17) is 11.6 Å². The Labute approximate surface area is 115 Å². The van der Waals surface area contributed by atoms with Crippen LogP contribution in [0.3, 0.4) is 0 Å². The average Bonchev–Trinajstić information content (AvgIpc) is 2.39. The van der Waals surface area contributed by atoms with Gasteiger partial charge in [-0.15, -0.1) is 0 Å². The minimum absolute atomic E-state index is 0.757. The van der Waals surface area contributed by atoms with Crippen molar-refractivity contribution in [3.05, 3.63) is 59.1 Å². The van der Waals surface area contributed by atoms with Crippen molar-refractivity contribution in [2.45, 2.75) is 5.33 Å². The van der Waals surface area contributed by atoms with E-state index in [0.29, 0.717) is 0 Å². The second-order valence-corrected chi connectivity index (χ2v) is 4.80. The number of hydrogen-bond donors (Lipinski definition) is 0. The van der Waals surface area contributed by atoms with Gasteiger partial charge in [0.2, 0.25) is 0 Å².